The van der Waals surface area contributed by atoms with E-state index in [1.807, 2.05) is 0 Å². The van der Waals surface area contributed by atoms with Crippen LogP contribution in [0.15, 0.2) is 0 Å². The monoisotopic (exact) mass is 276 g/mol. The number of likely N-dealkylation sites (N-methyl/N-ethyl adjacent to an activating group) is 1. The largest absolute Gasteiger partial charge is 0.315 e. The Kier molecular flexibility index (Phi) is 10.1. The Labute approximate surface area is 118 Å². The molecule has 0 unspecified atom stereocenters. The van der Waals surface area contributed by atoms with Crippen LogP contribution in [0.2, 0.25) is 0 Å². The van der Waals surface area contributed by atoms with Gasteiger partial charge >= 0.3 is 0 Å². The first-order chi connectivity index (χ1) is 8.45. The summed E-state index contributed by atoms with van der Waals surface area (Å²) in [6.07, 6.45) is 2.09. The Balaban J connectivity index is 4.54. The molecule has 0 aromatic rings. The lowest BCUT2D eigenvalue weighted by atomic mass is 9.99. The van der Waals surface area contributed by atoms with Crippen LogP contribution in [0.4, 0.5) is 0 Å². The van der Waals surface area contributed by atoms with Gasteiger partial charge in [-0.2, -0.15) is 0 Å². The average molecular weight is 276 g/mol. The maximum absolute atomic E-state index is 3.57. The van der Waals surface area contributed by atoms with Gasteiger partial charge in [0.15, 0.2) is 0 Å². The zero-order chi connectivity index (χ0) is 14.0. The van der Waals surface area contributed by atoms with Gasteiger partial charge in [-0.25, -0.2) is 0 Å². The summed E-state index contributed by atoms with van der Waals surface area (Å²) in [6, 6.07) is 1.02. The van der Waals surface area contributed by atoms with Crippen LogP contribution in [0, 0.1) is 0 Å². The SMILES string of the molecule is CCNCC(CNC(C)C)(CNC(C)C)NSC. The van der Waals surface area contributed by atoms with Crippen LogP contribution >= 0.6 is 11.9 Å². The van der Waals surface area contributed by atoms with Crippen molar-refractivity contribution in [1.29, 1.82) is 0 Å². The predicted octanol–water partition coefficient (Wildman–Crippen LogP) is 1.20. The standard InChI is InChI=1S/C13H32N4S/c1-7-14-8-13(17-18-6,9-15-11(2)3)10-16-12(4)5/h11-12,14-17H,7-10H2,1-6H3. The molecule has 0 aromatic heterocycles. The van der Waals surface area contributed by atoms with E-state index < -0.39 is 0 Å². The summed E-state index contributed by atoms with van der Waals surface area (Å²) in [7, 11) is 0. The fourth-order valence-electron chi connectivity index (χ4n) is 1.68. The summed E-state index contributed by atoms with van der Waals surface area (Å²) >= 11 is 1.69. The molecular weight excluding hydrogens is 244 g/mol. The van der Waals surface area contributed by atoms with Gasteiger partial charge in [0.05, 0.1) is 5.54 Å². The van der Waals surface area contributed by atoms with Gasteiger partial charge in [0.25, 0.3) is 0 Å². The number of hydrogen-bond donors (Lipinski definition) is 4. The lowest BCUT2D eigenvalue weighted by molar-refractivity contribution is 0.314. The number of nitrogens with one attached hydrogen (secondary N) is 4. The first-order valence-electron chi connectivity index (χ1n) is 6.93. The van der Waals surface area contributed by atoms with Crippen molar-refractivity contribution in [3.8, 4) is 0 Å². The lowest BCUT2D eigenvalue weighted by Crippen LogP contribution is -2.62. The Bertz CT molecular complexity index is 185. The van der Waals surface area contributed by atoms with Gasteiger partial charge in [0.2, 0.25) is 0 Å². The first kappa shape index (κ1) is 18.2. The zero-order valence-corrected chi connectivity index (χ0v) is 13.7. The Hall–Kier alpha value is 0.190. The molecule has 4 nitrogen and oxygen atoms in total. The van der Waals surface area contributed by atoms with Crippen LogP contribution in [-0.4, -0.2) is 50.1 Å². The minimum absolute atomic E-state index is 0.0456. The van der Waals surface area contributed by atoms with E-state index in [0.29, 0.717) is 12.1 Å². The highest BCUT2D eigenvalue weighted by Crippen LogP contribution is 2.07. The van der Waals surface area contributed by atoms with Crippen molar-refractivity contribution in [2.24, 2.45) is 0 Å². The van der Waals surface area contributed by atoms with Crippen LogP contribution in [0.1, 0.15) is 34.6 Å². The number of rotatable bonds is 11. The van der Waals surface area contributed by atoms with E-state index in [-0.39, 0.29) is 5.54 Å². The molecule has 0 aliphatic rings. The molecule has 0 fully saturated rings. The molecule has 0 heterocycles. The quantitative estimate of drug-likeness (QED) is 0.427. The van der Waals surface area contributed by atoms with E-state index in [2.05, 4.69) is 61.5 Å². The third-order valence-corrected chi connectivity index (χ3v) is 3.37. The van der Waals surface area contributed by atoms with E-state index in [0.717, 1.165) is 26.2 Å². The summed E-state index contributed by atoms with van der Waals surface area (Å²) in [5, 5.41) is 10.6. The minimum Gasteiger partial charge on any atom is -0.315 e. The zero-order valence-electron chi connectivity index (χ0n) is 12.9. The summed E-state index contributed by atoms with van der Waals surface area (Å²) < 4.78 is 3.57. The molecule has 0 saturated carbocycles. The Morgan fingerprint density at radius 1 is 0.944 bits per heavy atom. The normalized spacial score (nSPS) is 12.7. The number of hydrogen-bond acceptors (Lipinski definition) is 5. The van der Waals surface area contributed by atoms with Crippen molar-refractivity contribution in [1.82, 2.24) is 20.7 Å². The second kappa shape index (κ2) is 10.0. The molecule has 18 heavy (non-hydrogen) atoms. The van der Waals surface area contributed by atoms with Crippen molar-refractivity contribution in [3.05, 3.63) is 0 Å². The van der Waals surface area contributed by atoms with Gasteiger partial charge in [-0.3, -0.25) is 4.72 Å². The highest BCUT2D eigenvalue weighted by atomic mass is 32.2. The van der Waals surface area contributed by atoms with E-state index in [4.69, 9.17) is 0 Å². The molecule has 0 saturated heterocycles. The van der Waals surface area contributed by atoms with E-state index in [1.165, 1.54) is 0 Å². The van der Waals surface area contributed by atoms with Gasteiger partial charge in [0.1, 0.15) is 0 Å². The fourth-order valence-corrected chi connectivity index (χ4v) is 2.33. The minimum atomic E-state index is 0.0456. The van der Waals surface area contributed by atoms with Crippen molar-refractivity contribution >= 4 is 11.9 Å². The summed E-state index contributed by atoms with van der Waals surface area (Å²) in [4.78, 5) is 0. The molecule has 0 spiro atoms. The second-order valence-corrected chi connectivity index (χ2v) is 6.05. The smallest absolute Gasteiger partial charge is 0.0655 e. The fraction of sp³-hybridized carbons (Fsp3) is 1.00. The van der Waals surface area contributed by atoms with Crippen molar-refractivity contribution in [3.63, 3.8) is 0 Å². The van der Waals surface area contributed by atoms with Gasteiger partial charge in [-0.1, -0.05) is 46.6 Å². The second-order valence-electron chi connectivity index (χ2n) is 5.44. The molecule has 0 aliphatic carbocycles. The highest BCUT2D eigenvalue weighted by molar-refractivity contribution is 7.96. The van der Waals surface area contributed by atoms with Crippen molar-refractivity contribution in [2.45, 2.75) is 52.2 Å². The molecule has 110 valence electrons. The molecule has 0 amide bonds. The van der Waals surface area contributed by atoms with Crippen molar-refractivity contribution in [2.75, 3.05) is 32.4 Å². The summed E-state index contributed by atoms with van der Waals surface area (Å²) in [6.45, 7) is 14.8. The highest BCUT2D eigenvalue weighted by Gasteiger charge is 2.29. The third-order valence-electron chi connectivity index (χ3n) is 2.73. The molecule has 0 rings (SSSR count). The van der Waals surface area contributed by atoms with Crippen LogP contribution < -0.4 is 20.7 Å². The summed E-state index contributed by atoms with van der Waals surface area (Å²) in [5.74, 6) is 0. The predicted molar refractivity (Wildman–Crippen MR) is 84.2 cm³/mol. The topological polar surface area (TPSA) is 48.1 Å². The Morgan fingerprint density at radius 3 is 1.78 bits per heavy atom. The molecule has 0 bridgehead atoms. The lowest BCUT2D eigenvalue weighted by Gasteiger charge is -2.36. The molecule has 0 aliphatic heterocycles. The van der Waals surface area contributed by atoms with Crippen LogP contribution in [0.25, 0.3) is 0 Å². The van der Waals surface area contributed by atoms with Crippen LogP contribution in [-0.2, 0) is 0 Å². The van der Waals surface area contributed by atoms with Gasteiger partial charge in [-0.05, 0) is 12.8 Å². The van der Waals surface area contributed by atoms with E-state index >= 15 is 0 Å². The molecule has 0 radical (unpaired) electrons. The summed E-state index contributed by atoms with van der Waals surface area (Å²) in [5.41, 5.74) is 0.0456. The van der Waals surface area contributed by atoms with Gasteiger partial charge in [-0.15, -0.1) is 0 Å². The molecule has 4 N–H and O–H groups in total. The van der Waals surface area contributed by atoms with Crippen LogP contribution in [0.5, 0.6) is 0 Å². The first-order valence-corrected chi connectivity index (χ1v) is 8.16. The maximum atomic E-state index is 3.57. The Morgan fingerprint density at radius 2 is 1.44 bits per heavy atom. The third kappa shape index (κ3) is 8.32. The van der Waals surface area contributed by atoms with Crippen molar-refractivity contribution < 1.29 is 0 Å². The average Bonchev–Trinajstić information content (AvgIpc) is 2.31. The molecule has 0 atom stereocenters. The van der Waals surface area contributed by atoms with Gasteiger partial charge < -0.3 is 16.0 Å². The molecule has 0 aromatic carbocycles. The molecule has 5 heteroatoms. The van der Waals surface area contributed by atoms with E-state index in [1.54, 1.807) is 11.9 Å². The van der Waals surface area contributed by atoms with Crippen LogP contribution in [0.3, 0.4) is 0 Å². The van der Waals surface area contributed by atoms with Gasteiger partial charge in [0, 0.05) is 31.7 Å². The van der Waals surface area contributed by atoms with E-state index in [9.17, 15) is 0 Å². The molecular formula is C13H32N4S. The maximum Gasteiger partial charge on any atom is 0.0655 e.